The van der Waals surface area contributed by atoms with Gasteiger partial charge in [-0.1, -0.05) is 53.2 Å². The van der Waals surface area contributed by atoms with Crippen LogP contribution in [-0.4, -0.2) is 16.2 Å². The molecular weight excluding hydrogens is 328 g/mol. The zero-order chi connectivity index (χ0) is 16.9. The summed E-state index contributed by atoms with van der Waals surface area (Å²) < 4.78 is 5.11. The molecule has 0 aliphatic rings. The molecule has 0 saturated carbocycles. The molecule has 2 aromatic carbocycles. The van der Waals surface area contributed by atoms with Crippen LogP contribution in [-0.2, 0) is 13.2 Å². The van der Waals surface area contributed by atoms with Gasteiger partial charge in [-0.25, -0.2) is 0 Å². The summed E-state index contributed by atoms with van der Waals surface area (Å²) in [6, 6.07) is 16.1. The molecule has 0 bridgehead atoms. The Balaban J connectivity index is 1.70. The Morgan fingerprint density at radius 3 is 2.67 bits per heavy atom. The fraction of sp³-hybridized carbons (Fsp3) is 0.111. The quantitative estimate of drug-likeness (QED) is 0.745. The Labute approximate surface area is 143 Å². The minimum absolute atomic E-state index is 0.0761. The summed E-state index contributed by atoms with van der Waals surface area (Å²) in [7, 11) is 0. The van der Waals surface area contributed by atoms with Crippen molar-refractivity contribution in [3.8, 4) is 11.3 Å². The summed E-state index contributed by atoms with van der Waals surface area (Å²) in [4.78, 5) is 12.2. The van der Waals surface area contributed by atoms with Crippen LogP contribution in [0.4, 0.5) is 0 Å². The van der Waals surface area contributed by atoms with Crippen LogP contribution in [0.2, 0.25) is 5.02 Å². The summed E-state index contributed by atoms with van der Waals surface area (Å²) in [5, 5.41) is 16.5. The van der Waals surface area contributed by atoms with Crippen molar-refractivity contribution in [2.24, 2.45) is 0 Å². The van der Waals surface area contributed by atoms with E-state index in [1.165, 1.54) is 0 Å². The molecule has 0 fully saturated rings. The minimum atomic E-state index is -0.372. The molecular formula is C18H15ClN2O3. The van der Waals surface area contributed by atoms with Gasteiger partial charge in [0.05, 0.1) is 6.61 Å². The molecule has 24 heavy (non-hydrogen) atoms. The van der Waals surface area contributed by atoms with E-state index >= 15 is 0 Å². The van der Waals surface area contributed by atoms with E-state index in [9.17, 15) is 9.90 Å². The summed E-state index contributed by atoms with van der Waals surface area (Å²) in [5.74, 6) is -0.255. The van der Waals surface area contributed by atoms with Crippen molar-refractivity contribution in [1.82, 2.24) is 10.5 Å². The topological polar surface area (TPSA) is 75.4 Å². The van der Waals surface area contributed by atoms with E-state index < -0.39 is 0 Å². The maximum atomic E-state index is 12.2. The first-order chi connectivity index (χ1) is 11.7. The first-order valence-electron chi connectivity index (χ1n) is 7.36. The molecule has 3 rings (SSSR count). The Kier molecular flexibility index (Phi) is 4.93. The van der Waals surface area contributed by atoms with Gasteiger partial charge in [-0.05, 0) is 23.3 Å². The highest BCUT2D eigenvalue weighted by molar-refractivity contribution is 6.30. The number of aliphatic hydroxyl groups excluding tert-OH is 1. The number of amides is 1. The van der Waals surface area contributed by atoms with Gasteiger partial charge in [-0.2, -0.15) is 0 Å². The average molecular weight is 343 g/mol. The zero-order valence-corrected chi connectivity index (χ0v) is 13.5. The summed E-state index contributed by atoms with van der Waals surface area (Å²) in [6.07, 6.45) is 0. The molecule has 1 heterocycles. The number of hydrogen-bond acceptors (Lipinski definition) is 4. The maximum absolute atomic E-state index is 12.2. The molecule has 0 aliphatic heterocycles. The third kappa shape index (κ3) is 3.64. The van der Waals surface area contributed by atoms with Crippen molar-refractivity contribution < 1.29 is 14.4 Å². The van der Waals surface area contributed by atoms with E-state index in [1.807, 2.05) is 30.3 Å². The fourth-order valence-electron chi connectivity index (χ4n) is 2.31. The van der Waals surface area contributed by atoms with E-state index in [0.29, 0.717) is 17.3 Å². The second-order valence-electron chi connectivity index (χ2n) is 5.20. The number of rotatable bonds is 5. The molecule has 3 aromatic rings. The van der Waals surface area contributed by atoms with Gasteiger partial charge >= 0.3 is 0 Å². The number of carbonyl (C=O) groups excluding carboxylic acids is 1. The third-order valence-corrected chi connectivity index (χ3v) is 3.82. The Morgan fingerprint density at radius 2 is 1.92 bits per heavy atom. The highest BCUT2D eigenvalue weighted by Crippen LogP contribution is 2.22. The molecule has 1 amide bonds. The van der Waals surface area contributed by atoms with Gasteiger partial charge in [0.1, 0.15) is 5.69 Å². The lowest BCUT2D eigenvalue weighted by atomic mass is 10.1. The number of benzene rings is 2. The van der Waals surface area contributed by atoms with Gasteiger partial charge in [0.2, 0.25) is 5.76 Å². The average Bonchev–Trinajstić information content (AvgIpc) is 3.10. The number of hydrogen-bond donors (Lipinski definition) is 2. The van der Waals surface area contributed by atoms with Crippen LogP contribution in [0.1, 0.15) is 21.7 Å². The van der Waals surface area contributed by atoms with Gasteiger partial charge in [0.25, 0.3) is 5.91 Å². The first-order valence-corrected chi connectivity index (χ1v) is 7.73. The summed E-state index contributed by atoms with van der Waals surface area (Å²) in [6.45, 7) is 0.218. The van der Waals surface area contributed by atoms with Crippen molar-refractivity contribution in [3.05, 3.63) is 76.5 Å². The number of carbonyl (C=O) groups is 1. The fourth-order valence-corrected chi connectivity index (χ4v) is 2.50. The smallest absolute Gasteiger partial charge is 0.290 e. The van der Waals surface area contributed by atoms with E-state index in [-0.39, 0.29) is 18.3 Å². The highest BCUT2D eigenvalue weighted by atomic mass is 35.5. The van der Waals surface area contributed by atoms with Crippen molar-refractivity contribution in [3.63, 3.8) is 0 Å². The predicted octanol–water partition coefficient (Wildman–Crippen LogP) is 3.42. The lowest BCUT2D eigenvalue weighted by Gasteiger charge is -2.07. The Bertz CT molecular complexity index is 861. The lowest BCUT2D eigenvalue weighted by molar-refractivity contribution is 0.0913. The van der Waals surface area contributed by atoms with Crippen LogP contribution in [0.5, 0.6) is 0 Å². The van der Waals surface area contributed by atoms with Crippen LogP contribution < -0.4 is 5.32 Å². The summed E-state index contributed by atoms with van der Waals surface area (Å²) in [5.41, 5.74) is 2.94. The van der Waals surface area contributed by atoms with E-state index in [1.54, 1.807) is 24.3 Å². The molecule has 0 saturated heterocycles. The molecule has 0 atom stereocenters. The Hall–Kier alpha value is -2.63. The molecule has 1 aromatic heterocycles. The Morgan fingerprint density at radius 1 is 1.12 bits per heavy atom. The van der Waals surface area contributed by atoms with Gasteiger partial charge in [0.15, 0.2) is 0 Å². The molecule has 2 N–H and O–H groups in total. The number of aliphatic hydroxyl groups is 1. The largest absolute Gasteiger partial charge is 0.392 e. The van der Waals surface area contributed by atoms with Crippen molar-refractivity contribution in [2.75, 3.05) is 0 Å². The number of nitrogens with one attached hydrogen (secondary N) is 1. The van der Waals surface area contributed by atoms with Crippen molar-refractivity contribution in [1.29, 1.82) is 0 Å². The van der Waals surface area contributed by atoms with Gasteiger partial charge in [-0.15, -0.1) is 0 Å². The normalized spacial score (nSPS) is 10.6. The van der Waals surface area contributed by atoms with Crippen LogP contribution in [0.15, 0.2) is 59.1 Å². The molecule has 6 heteroatoms. The van der Waals surface area contributed by atoms with Crippen LogP contribution in [0.25, 0.3) is 11.3 Å². The SMILES string of the molecule is O=C(NCc1ccccc1CO)c1cc(-c2cccc(Cl)c2)no1. The standard InChI is InChI=1S/C18H15ClN2O3/c19-15-7-3-6-12(8-15)16-9-17(24-21-16)18(23)20-10-13-4-1-2-5-14(13)11-22/h1-9,22H,10-11H2,(H,20,23). The molecule has 0 radical (unpaired) electrons. The van der Waals surface area contributed by atoms with Crippen molar-refractivity contribution >= 4 is 17.5 Å². The third-order valence-electron chi connectivity index (χ3n) is 3.58. The van der Waals surface area contributed by atoms with E-state index in [4.69, 9.17) is 16.1 Å². The first kappa shape index (κ1) is 16.2. The molecule has 122 valence electrons. The van der Waals surface area contributed by atoms with Gasteiger partial charge < -0.3 is 14.9 Å². The second-order valence-corrected chi connectivity index (χ2v) is 5.63. The lowest BCUT2D eigenvalue weighted by Crippen LogP contribution is -2.22. The van der Waals surface area contributed by atoms with Crippen LogP contribution >= 0.6 is 11.6 Å². The van der Waals surface area contributed by atoms with Crippen LogP contribution in [0, 0.1) is 0 Å². The molecule has 0 spiro atoms. The van der Waals surface area contributed by atoms with Crippen LogP contribution in [0.3, 0.4) is 0 Å². The zero-order valence-electron chi connectivity index (χ0n) is 12.7. The predicted molar refractivity (Wildman–Crippen MR) is 90.5 cm³/mol. The molecule has 0 aliphatic carbocycles. The monoisotopic (exact) mass is 342 g/mol. The van der Waals surface area contributed by atoms with E-state index in [0.717, 1.165) is 16.7 Å². The molecule has 0 unspecified atom stereocenters. The minimum Gasteiger partial charge on any atom is -0.392 e. The maximum Gasteiger partial charge on any atom is 0.290 e. The highest BCUT2D eigenvalue weighted by Gasteiger charge is 2.14. The van der Waals surface area contributed by atoms with Gasteiger partial charge in [-0.3, -0.25) is 4.79 Å². The number of aromatic nitrogens is 1. The number of halogens is 1. The van der Waals surface area contributed by atoms with Crippen molar-refractivity contribution in [2.45, 2.75) is 13.2 Å². The number of nitrogens with zero attached hydrogens (tertiary/aromatic N) is 1. The van der Waals surface area contributed by atoms with Gasteiger partial charge in [0, 0.05) is 23.2 Å². The van der Waals surface area contributed by atoms with E-state index in [2.05, 4.69) is 10.5 Å². The second kappa shape index (κ2) is 7.29. The molecule has 5 nitrogen and oxygen atoms in total. The summed E-state index contributed by atoms with van der Waals surface area (Å²) >= 11 is 5.95.